The van der Waals surface area contributed by atoms with Crippen molar-refractivity contribution in [3.05, 3.63) is 42.5 Å². The SMILES string of the molecule is COc1ccccc1OC[C@H](C)NS(=O)(=O)c1ccc(SC)c(NC(C)=O)c1. The number of nitrogens with one attached hydrogen (secondary N) is 2. The Hall–Kier alpha value is -2.23. The third-order valence-corrected chi connectivity index (χ3v) is 6.09. The number of hydrogen-bond acceptors (Lipinski definition) is 6. The van der Waals surface area contributed by atoms with E-state index in [4.69, 9.17) is 9.47 Å². The lowest BCUT2D eigenvalue weighted by molar-refractivity contribution is -0.114. The van der Waals surface area contributed by atoms with Gasteiger partial charge in [-0.2, -0.15) is 0 Å². The van der Waals surface area contributed by atoms with Crippen LogP contribution in [0, 0.1) is 0 Å². The van der Waals surface area contributed by atoms with Crippen LogP contribution in [0.2, 0.25) is 0 Å². The van der Waals surface area contributed by atoms with Gasteiger partial charge >= 0.3 is 0 Å². The van der Waals surface area contributed by atoms with Crippen molar-refractivity contribution in [2.45, 2.75) is 29.7 Å². The first-order valence-corrected chi connectivity index (χ1v) is 11.2. The van der Waals surface area contributed by atoms with Gasteiger partial charge in [-0.05, 0) is 43.5 Å². The van der Waals surface area contributed by atoms with E-state index in [1.54, 1.807) is 32.2 Å². The quantitative estimate of drug-likeness (QED) is 0.601. The summed E-state index contributed by atoms with van der Waals surface area (Å²) in [6.45, 7) is 3.21. The fourth-order valence-electron chi connectivity index (χ4n) is 2.46. The fraction of sp³-hybridized carbons (Fsp3) is 0.316. The third kappa shape index (κ3) is 5.88. The lowest BCUT2D eigenvalue weighted by atomic mass is 10.3. The second-order valence-electron chi connectivity index (χ2n) is 6.03. The number of carbonyl (C=O) groups is 1. The highest BCUT2D eigenvalue weighted by molar-refractivity contribution is 7.98. The summed E-state index contributed by atoms with van der Waals surface area (Å²) in [4.78, 5) is 12.2. The summed E-state index contributed by atoms with van der Waals surface area (Å²) in [5.41, 5.74) is 0.459. The largest absolute Gasteiger partial charge is 0.493 e. The molecule has 1 atom stereocenters. The van der Waals surface area contributed by atoms with E-state index < -0.39 is 16.1 Å². The molecule has 2 N–H and O–H groups in total. The number of rotatable bonds is 9. The molecule has 152 valence electrons. The summed E-state index contributed by atoms with van der Waals surface area (Å²) in [5, 5.41) is 2.66. The predicted octanol–water partition coefficient (Wildman–Crippen LogP) is 3.12. The Morgan fingerprint density at radius 3 is 2.46 bits per heavy atom. The number of thioether (sulfide) groups is 1. The summed E-state index contributed by atoms with van der Waals surface area (Å²) >= 11 is 1.42. The molecule has 0 aliphatic heterocycles. The van der Waals surface area contributed by atoms with Crippen molar-refractivity contribution in [2.75, 3.05) is 25.3 Å². The molecule has 0 saturated heterocycles. The average Bonchev–Trinajstić information content (AvgIpc) is 2.65. The van der Waals surface area contributed by atoms with Crippen LogP contribution in [-0.4, -0.2) is 40.3 Å². The van der Waals surface area contributed by atoms with Crippen LogP contribution < -0.4 is 19.5 Å². The zero-order valence-corrected chi connectivity index (χ0v) is 17.8. The van der Waals surface area contributed by atoms with Crippen LogP contribution in [0.25, 0.3) is 0 Å². The van der Waals surface area contributed by atoms with E-state index in [2.05, 4.69) is 10.0 Å². The van der Waals surface area contributed by atoms with Crippen molar-refractivity contribution >= 4 is 33.4 Å². The maximum atomic E-state index is 12.7. The Labute approximate surface area is 169 Å². The Bertz CT molecular complexity index is 932. The van der Waals surface area contributed by atoms with Gasteiger partial charge in [0.15, 0.2) is 11.5 Å². The molecule has 0 spiro atoms. The molecule has 0 bridgehead atoms. The molecule has 2 aromatic rings. The van der Waals surface area contributed by atoms with Gasteiger partial charge in [-0.25, -0.2) is 13.1 Å². The molecule has 0 heterocycles. The number of benzene rings is 2. The fourth-order valence-corrected chi connectivity index (χ4v) is 4.25. The van der Waals surface area contributed by atoms with Gasteiger partial charge in [-0.15, -0.1) is 11.8 Å². The second-order valence-corrected chi connectivity index (χ2v) is 8.59. The maximum Gasteiger partial charge on any atom is 0.241 e. The van der Waals surface area contributed by atoms with E-state index >= 15 is 0 Å². The van der Waals surface area contributed by atoms with E-state index in [9.17, 15) is 13.2 Å². The Balaban J connectivity index is 2.11. The van der Waals surface area contributed by atoms with Crippen molar-refractivity contribution in [3.63, 3.8) is 0 Å². The molecule has 0 fully saturated rings. The minimum absolute atomic E-state index is 0.0678. The molecule has 28 heavy (non-hydrogen) atoms. The van der Waals surface area contributed by atoms with Crippen LogP contribution in [0.15, 0.2) is 52.3 Å². The van der Waals surface area contributed by atoms with Gasteiger partial charge in [-0.3, -0.25) is 4.79 Å². The number of sulfonamides is 1. The normalized spacial score (nSPS) is 12.3. The van der Waals surface area contributed by atoms with Gasteiger partial charge in [0, 0.05) is 11.8 Å². The molecular weight excluding hydrogens is 400 g/mol. The van der Waals surface area contributed by atoms with Gasteiger partial charge in [-0.1, -0.05) is 12.1 Å². The van der Waals surface area contributed by atoms with E-state index in [0.29, 0.717) is 17.2 Å². The number of carbonyl (C=O) groups excluding carboxylic acids is 1. The molecule has 1 amide bonds. The molecule has 9 heteroatoms. The Morgan fingerprint density at radius 1 is 1.18 bits per heavy atom. The van der Waals surface area contributed by atoms with Crippen molar-refractivity contribution in [1.82, 2.24) is 4.72 Å². The topological polar surface area (TPSA) is 93.7 Å². The molecule has 0 aromatic heterocycles. The van der Waals surface area contributed by atoms with Crippen molar-refractivity contribution in [2.24, 2.45) is 0 Å². The third-order valence-electron chi connectivity index (χ3n) is 3.71. The highest BCUT2D eigenvalue weighted by Crippen LogP contribution is 2.28. The molecule has 0 saturated carbocycles. The highest BCUT2D eigenvalue weighted by Gasteiger charge is 2.20. The standard InChI is InChI=1S/C19H24N2O5S2/c1-13(12-26-18-8-6-5-7-17(18)25-3)21-28(23,24)15-9-10-19(27-4)16(11-15)20-14(2)22/h5-11,13,21H,12H2,1-4H3,(H,20,22)/t13-/m0/s1. The Morgan fingerprint density at radius 2 is 1.86 bits per heavy atom. The van der Waals surface area contributed by atoms with Gasteiger partial charge in [0.1, 0.15) is 6.61 Å². The second kappa shape index (κ2) is 9.81. The summed E-state index contributed by atoms with van der Waals surface area (Å²) in [6, 6.07) is 11.3. The highest BCUT2D eigenvalue weighted by atomic mass is 32.2. The average molecular weight is 425 g/mol. The monoisotopic (exact) mass is 424 g/mol. The van der Waals surface area contributed by atoms with Crippen LogP contribution in [-0.2, 0) is 14.8 Å². The van der Waals surface area contributed by atoms with E-state index in [0.717, 1.165) is 4.90 Å². The van der Waals surface area contributed by atoms with Crippen LogP contribution in [0.3, 0.4) is 0 Å². The molecular formula is C19H24N2O5S2. The number of methoxy groups -OCH3 is 1. The van der Waals surface area contributed by atoms with Gasteiger partial charge in [0.2, 0.25) is 15.9 Å². The zero-order chi connectivity index (χ0) is 20.7. The molecule has 0 aliphatic rings. The Kier molecular flexibility index (Phi) is 7.73. The first kappa shape index (κ1) is 22.1. The van der Waals surface area contributed by atoms with E-state index in [1.165, 1.54) is 30.8 Å². The minimum atomic E-state index is -3.78. The lowest BCUT2D eigenvalue weighted by Gasteiger charge is -2.17. The van der Waals surface area contributed by atoms with Crippen molar-refractivity contribution < 1.29 is 22.7 Å². The van der Waals surface area contributed by atoms with Crippen LogP contribution >= 0.6 is 11.8 Å². The van der Waals surface area contributed by atoms with Crippen LogP contribution in [0.1, 0.15) is 13.8 Å². The first-order valence-electron chi connectivity index (χ1n) is 8.50. The number of para-hydroxylation sites is 2. The molecule has 0 radical (unpaired) electrons. The maximum absolute atomic E-state index is 12.7. The van der Waals surface area contributed by atoms with E-state index in [-0.39, 0.29) is 17.4 Å². The molecule has 7 nitrogen and oxygen atoms in total. The number of anilines is 1. The molecule has 0 unspecified atom stereocenters. The molecule has 2 aromatic carbocycles. The molecule has 0 aliphatic carbocycles. The first-order chi connectivity index (χ1) is 13.3. The summed E-state index contributed by atoms with van der Waals surface area (Å²) in [5.74, 6) is 0.842. The summed E-state index contributed by atoms with van der Waals surface area (Å²) in [6.07, 6.45) is 1.85. The van der Waals surface area contributed by atoms with Gasteiger partial charge in [0.25, 0.3) is 0 Å². The number of amides is 1. The summed E-state index contributed by atoms with van der Waals surface area (Å²) in [7, 11) is -2.24. The van der Waals surface area contributed by atoms with E-state index in [1.807, 2.05) is 18.4 Å². The smallest absolute Gasteiger partial charge is 0.241 e. The zero-order valence-electron chi connectivity index (χ0n) is 16.2. The van der Waals surface area contributed by atoms with Gasteiger partial charge < -0.3 is 14.8 Å². The van der Waals surface area contributed by atoms with Crippen LogP contribution in [0.4, 0.5) is 5.69 Å². The lowest BCUT2D eigenvalue weighted by Crippen LogP contribution is -2.36. The number of hydrogen-bond donors (Lipinski definition) is 2. The molecule has 2 rings (SSSR count). The summed E-state index contributed by atoms with van der Waals surface area (Å²) < 4.78 is 38.9. The predicted molar refractivity (Wildman–Crippen MR) is 111 cm³/mol. The number of ether oxygens (including phenoxy) is 2. The van der Waals surface area contributed by atoms with Crippen molar-refractivity contribution in [1.29, 1.82) is 0 Å². The van der Waals surface area contributed by atoms with Crippen molar-refractivity contribution in [3.8, 4) is 11.5 Å². The van der Waals surface area contributed by atoms with Gasteiger partial charge in [0.05, 0.1) is 23.7 Å². The van der Waals surface area contributed by atoms with Crippen LogP contribution in [0.5, 0.6) is 11.5 Å². The minimum Gasteiger partial charge on any atom is -0.493 e.